The number of aryl methyl sites for hydroxylation is 1. The summed E-state index contributed by atoms with van der Waals surface area (Å²) in [6.45, 7) is 5.76. The fourth-order valence-corrected chi connectivity index (χ4v) is 1.41. The summed E-state index contributed by atoms with van der Waals surface area (Å²) >= 11 is 0. The van der Waals surface area contributed by atoms with E-state index >= 15 is 0 Å². The Hall–Kier alpha value is -1.02. The maximum atomic E-state index is 5.98. The molecule has 0 aliphatic heterocycles. The zero-order chi connectivity index (χ0) is 10.4. The van der Waals surface area contributed by atoms with Crippen LogP contribution in [0, 0.1) is 0 Å². The molecule has 2 N–H and O–H groups in total. The van der Waals surface area contributed by atoms with Gasteiger partial charge in [-0.15, -0.1) is 6.58 Å². The Morgan fingerprint density at radius 1 is 1.57 bits per heavy atom. The summed E-state index contributed by atoms with van der Waals surface area (Å²) in [7, 11) is 0. The first-order chi connectivity index (χ1) is 6.77. The van der Waals surface area contributed by atoms with Gasteiger partial charge >= 0.3 is 0 Å². The molecule has 0 aliphatic rings. The molecule has 0 spiro atoms. The largest absolute Gasteiger partial charge is 0.464 e. The lowest BCUT2D eigenvalue weighted by atomic mass is 10.1. The van der Waals surface area contributed by atoms with Crippen LogP contribution in [-0.2, 0) is 6.42 Å². The number of allylic oxidation sites excluding steroid dienone is 1. The smallest absolute Gasteiger partial charge is 0.120 e. The van der Waals surface area contributed by atoms with Gasteiger partial charge in [0, 0.05) is 6.42 Å². The molecule has 1 heterocycles. The van der Waals surface area contributed by atoms with Crippen LogP contribution < -0.4 is 5.73 Å². The Morgan fingerprint density at radius 2 is 2.36 bits per heavy atom. The van der Waals surface area contributed by atoms with Gasteiger partial charge < -0.3 is 10.2 Å². The molecular weight excluding hydrogens is 174 g/mol. The third-order valence-electron chi connectivity index (χ3n) is 2.32. The fraction of sp³-hybridized carbons (Fsp3) is 0.500. The fourth-order valence-electron chi connectivity index (χ4n) is 1.41. The predicted octanol–water partition coefficient (Wildman–Crippen LogP) is 3.20. The van der Waals surface area contributed by atoms with Gasteiger partial charge in [0.05, 0.1) is 6.04 Å². The molecule has 0 aliphatic carbocycles. The normalized spacial score (nSPS) is 12.7. The highest BCUT2D eigenvalue weighted by Crippen LogP contribution is 2.19. The molecule has 1 unspecified atom stereocenters. The molecule has 14 heavy (non-hydrogen) atoms. The van der Waals surface area contributed by atoms with Crippen LogP contribution in [-0.4, -0.2) is 0 Å². The van der Waals surface area contributed by atoms with E-state index < -0.39 is 0 Å². The summed E-state index contributed by atoms with van der Waals surface area (Å²) in [5.41, 5.74) is 5.98. The zero-order valence-corrected chi connectivity index (χ0v) is 8.83. The highest BCUT2D eigenvalue weighted by atomic mass is 16.3. The Morgan fingerprint density at radius 3 is 2.93 bits per heavy atom. The van der Waals surface area contributed by atoms with Crippen molar-refractivity contribution in [3.8, 4) is 0 Å². The van der Waals surface area contributed by atoms with E-state index in [1.807, 2.05) is 18.2 Å². The van der Waals surface area contributed by atoms with Crippen LogP contribution >= 0.6 is 0 Å². The van der Waals surface area contributed by atoms with Crippen LogP contribution in [0.15, 0.2) is 29.2 Å². The van der Waals surface area contributed by atoms with E-state index in [0.717, 1.165) is 37.2 Å². The van der Waals surface area contributed by atoms with Crippen molar-refractivity contribution < 1.29 is 4.42 Å². The van der Waals surface area contributed by atoms with Gasteiger partial charge in [-0.2, -0.15) is 0 Å². The second-order valence-corrected chi connectivity index (χ2v) is 3.48. The van der Waals surface area contributed by atoms with Crippen molar-refractivity contribution in [1.82, 2.24) is 0 Å². The van der Waals surface area contributed by atoms with Gasteiger partial charge in [-0.1, -0.05) is 13.0 Å². The number of furan rings is 1. The molecule has 0 bridgehead atoms. The molecule has 0 aromatic carbocycles. The van der Waals surface area contributed by atoms with E-state index in [1.54, 1.807) is 0 Å². The highest BCUT2D eigenvalue weighted by Gasteiger charge is 2.09. The summed E-state index contributed by atoms with van der Waals surface area (Å²) in [5, 5.41) is 0. The van der Waals surface area contributed by atoms with Crippen molar-refractivity contribution >= 4 is 0 Å². The lowest BCUT2D eigenvalue weighted by molar-refractivity contribution is 0.421. The number of hydrogen-bond donors (Lipinski definition) is 1. The molecule has 0 fully saturated rings. The summed E-state index contributed by atoms with van der Waals surface area (Å²) in [5.74, 6) is 1.92. The third-order valence-corrected chi connectivity index (χ3v) is 2.32. The van der Waals surface area contributed by atoms with Crippen molar-refractivity contribution in [2.24, 2.45) is 5.73 Å². The predicted molar refractivity (Wildman–Crippen MR) is 59.1 cm³/mol. The Labute approximate surface area is 85.8 Å². The van der Waals surface area contributed by atoms with E-state index in [-0.39, 0.29) is 6.04 Å². The van der Waals surface area contributed by atoms with Crippen LogP contribution in [0.5, 0.6) is 0 Å². The molecular formula is C12H19NO. The van der Waals surface area contributed by atoms with Crippen molar-refractivity contribution in [1.29, 1.82) is 0 Å². The third kappa shape index (κ3) is 3.04. The molecule has 78 valence electrons. The van der Waals surface area contributed by atoms with E-state index in [9.17, 15) is 0 Å². The lowest BCUT2D eigenvalue weighted by Crippen LogP contribution is -2.08. The van der Waals surface area contributed by atoms with Gasteiger partial charge in [0.25, 0.3) is 0 Å². The van der Waals surface area contributed by atoms with Crippen LogP contribution in [0.4, 0.5) is 0 Å². The average Bonchev–Trinajstić information content (AvgIpc) is 2.66. The molecule has 0 radical (unpaired) electrons. The van der Waals surface area contributed by atoms with Gasteiger partial charge in [-0.25, -0.2) is 0 Å². The van der Waals surface area contributed by atoms with Crippen molar-refractivity contribution in [2.45, 2.75) is 38.6 Å². The van der Waals surface area contributed by atoms with Gasteiger partial charge in [0.2, 0.25) is 0 Å². The van der Waals surface area contributed by atoms with Gasteiger partial charge in [0.1, 0.15) is 11.5 Å². The van der Waals surface area contributed by atoms with Crippen molar-refractivity contribution in [3.63, 3.8) is 0 Å². The van der Waals surface area contributed by atoms with Gasteiger partial charge in [-0.05, 0) is 31.4 Å². The molecule has 2 heteroatoms. The number of rotatable bonds is 6. The van der Waals surface area contributed by atoms with Crippen LogP contribution in [0.3, 0.4) is 0 Å². The Balaban J connectivity index is 2.43. The van der Waals surface area contributed by atoms with E-state index in [4.69, 9.17) is 10.2 Å². The second kappa shape index (κ2) is 5.66. The highest BCUT2D eigenvalue weighted by molar-refractivity contribution is 5.10. The summed E-state index contributed by atoms with van der Waals surface area (Å²) in [4.78, 5) is 0. The molecule has 0 saturated carbocycles. The first-order valence-corrected chi connectivity index (χ1v) is 5.23. The topological polar surface area (TPSA) is 39.2 Å². The van der Waals surface area contributed by atoms with E-state index in [1.165, 1.54) is 0 Å². The zero-order valence-electron chi connectivity index (χ0n) is 8.83. The maximum absolute atomic E-state index is 5.98. The van der Waals surface area contributed by atoms with Crippen molar-refractivity contribution in [3.05, 3.63) is 36.3 Å². The standard InChI is InChI=1S/C12H19NO/c1-3-5-6-7-11(13)12-9-8-10(4-2)14-12/h3,8-9,11H,1,4-7,13H2,2H3. The molecule has 1 aromatic rings. The molecule has 0 saturated heterocycles. The monoisotopic (exact) mass is 193 g/mol. The van der Waals surface area contributed by atoms with Crippen LogP contribution in [0.1, 0.15) is 43.7 Å². The molecule has 0 amide bonds. The summed E-state index contributed by atoms with van der Waals surface area (Å²) in [6, 6.07) is 4.02. The molecule has 1 atom stereocenters. The molecule has 2 nitrogen and oxygen atoms in total. The summed E-state index contributed by atoms with van der Waals surface area (Å²) < 4.78 is 5.57. The number of unbranched alkanes of at least 4 members (excludes halogenated alkanes) is 1. The van der Waals surface area contributed by atoms with Crippen LogP contribution in [0.2, 0.25) is 0 Å². The molecule has 1 aromatic heterocycles. The van der Waals surface area contributed by atoms with Crippen molar-refractivity contribution in [2.75, 3.05) is 0 Å². The summed E-state index contributed by atoms with van der Waals surface area (Å²) in [6.07, 6.45) is 5.91. The van der Waals surface area contributed by atoms with E-state index in [2.05, 4.69) is 13.5 Å². The first kappa shape index (κ1) is 11.1. The van der Waals surface area contributed by atoms with Gasteiger partial charge in [-0.3, -0.25) is 0 Å². The Kier molecular flexibility index (Phi) is 4.47. The second-order valence-electron chi connectivity index (χ2n) is 3.48. The number of nitrogens with two attached hydrogens (primary N) is 1. The minimum absolute atomic E-state index is 0.0373. The maximum Gasteiger partial charge on any atom is 0.120 e. The van der Waals surface area contributed by atoms with Gasteiger partial charge in [0.15, 0.2) is 0 Å². The van der Waals surface area contributed by atoms with Crippen LogP contribution in [0.25, 0.3) is 0 Å². The first-order valence-electron chi connectivity index (χ1n) is 5.23. The minimum Gasteiger partial charge on any atom is -0.464 e. The SMILES string of the molecule is C=CCCCC(N)c1ccc(CC)o1. The number of hydrogen-bond acceptors (Lipinski definition) is 2. The molecule has 1 rings (SSSR count). The quantitative estimate of drug-likeness (QED) is 0.556. The average molecular weight is 193 g/mol. The van der Waals surface area contributed by atoms with E-state index in [0.29, 0.717) is 0 Å². The Bertz CT molecular complexity index is 278. The minimum atomic E-state index is 0.0373. The lowest BCUT2D eigenvalue weighted by Gasteiger charge is -2.06.